The monoisotopic (exact) mass is 249 g/mol. The summed E-state index contributed by atoms with van der Waals surface area (Å²) in [7, 11) is 5.64. The van der Waals surface area contributed by atoms with Crippen molar-refractivity contribution in [2.75, 3.05) is 60.6 Å². The molecule has 0 saturated carbocycles. The molecule has 0 aromatic heterocycles. The summed E-state index contributed by atoms with van der Waals surface area (Å²) in [5.74, 6) is -0.968. The SMILES string of the molecule is CNCCOC(C)(OCCNC)OCCNC. The van der Waals surface area contributed by atoms with Gasteiger partial charge in [0.2, 0.25) is 0 Å². The minimum atomic E-state index is -0.968. The highest BCUT2D eigenvalue weighted by atomic mass is 16.9. The minimum absolute atomic E-state index is 0.548. The second-order valence-electron chi connectivity index (χ2n) is 3.72. The van der Waals surface area contributed by atoms with Crippen molar-refractivity contribution < 1.29 is 14.2 Å². The first kappa shape index (κ1) is 16.8. The van der Waals surface area contributed by atoms with E-state index in [9.17, 15) is 0 Å². The van der Waals surface area contributed by atoms with E-state index in [1.54, 1.807) is 6.92 Å². The Bertz CT molecular complexity index is 144. The van der Waals surface area contributed by atoms with Crippen LogP contribution in [0.25, 0.3) is 0 Å². The third kappa shape index (κ3) is 9.46. The van der Waals surface area contributed by atoms with E-state index in [1.165, 1.54) is 0 Å². The average Bonchev–Trinajstić information content (AvgIpc) is 2.30. The molecule has 6 nitrogen and oxygen atoms in total. The molecule has 6 heteroatoms. The quantitative estimate of drug-likeness (QED) is 0.316. The summed E-state index contributed by atoms with van der Waals surface area (Å²) < 4.78 is 16.8. The van der Waals surface area contributed by atoms with Crippen molar-refractivity contribution in [3.8, 4) is 0 Å². The Morgan fingerprint density at radius 1 is 0.706 bits per heavy atom. The molecule has 0 aliphatic heterocycles. The third-order valence-electron chi connectivity index (χ3n) is 2.15. The lowest BCUT2D eigenvalue weighted by Gasteiger charge is -2.29. The molecule has 17 heavy (non-hydrogen) atoms. The van der Waals surface area contributed by atoms with Gasteiger partial charge in [0, 0.05) is 26.6 Å². The summed E-state index contributed by atoms with van der Waals surface area (Å²) >= 11 is 0. The number of rotatable bonds is 12. The summed E-state index contributed by atoms with van der Waals surface area (Å²) in [5.41, 5.74) is 0. The van der Waals surface area contributed by atoms with Gasteiger partial charge in [0.25, 0.3) is 5.97 Å². The van der Waals surface area contributed by atoms with E-state index in [2.05, 4.69) is 16.0 Å². The topological polar surface area (TPSA) is 63.8 Å². The molecule has 0 radical (unpaired) electrons. The third-order valence-corrected chi connectivity index (χ3v) is 2.15. The zero-order valence-electron chi connectivity index (χ0n) is 11.5. The molecule has 104 valence electrons. The molecule has 0 rings (SSSR count). The van der Waals surface area contributed by atoms with Gasteiger partial charge in [0.15, 0.2) is 0 Å². The van der Waals surface area contributed by atoms with E-state index >= 15 is 0 Å². The molecule has 0 fully saturated rings. The summed E-state index contributed by atoms with van der Waals surface area (Å²) in [6.45, 7) is 5.74. The maximum atomic E-state index is 5.60. The predicted molar refractivity (Wildman–Crippen MR) is 68.0 cm³/mol. The first-order valence-corrected chi connectivity index (χ1v) is 6.04. The summed E-state index contributed by atoms with van der Waals surface area (Å²) in [6.07, 6.45) is 0. The van der Waals surface area contributed by atoms with Gasteiger partial charge in [0.05, 0.1) is 19.8 Å². The van der Waals surface area contributed by atoms with Gasteiger partial charge in [0.1, 0.15) is 0 Å². The summed E-state index contributed by atoms with van der Waals surface area (Å²) in [6, 6.07) is 0. The van der Waals surface area contributed by atoms with Gasteiger partial charge in [-0.1, -0.05) is 0 Å². The lowest BCUT2D eigenvalue weighted by Crippen LogP contribution is -2.40. The van der Waals surface area contributed by atoms with Crippen LogP contribution >= 0.6 is 0 Å². The highest BCUT2D eigenvalue weighted by Gasteiger charge is 2.26. The second kappa shape index (κ2) is 10.9. The smallest absolute Gasteiger partial charge is 0.280 e. The van der Waals surface area contributed by atoms with Gasteiger partial charge in [-0.3, -0.25) is 0 Å². The minimum Gasteiger partial charge on any atom is -0.326 e. The van der Waals surface area contributed by atoms with Gasteiger partial charge in [-0.15, -0.1) is 0 Å². The van der Waals surface area contributed by atoms with Crippen LogP contribution in [0, 0.1) is 0 Å². The van der Waals surface area contributed by atoms with Gasteiger partial charge < -0.3 is 30.2 Å². The van der Waals surface area contributed by atoms with Crippen LogP contribution < -0.4 is 16.0 Å². The van der Waals surface area contributed by atoms with Crippen LogP contribution in [0.5, 0.6) is 0 Å². The van der Waals surface area contributed by atoms with Crippen molar-refractivity contribution >= 4 is 0 Å². The summed E-state index contributed by atoms with van der Waals surface area (Å²) in [5, 5.41) is 9.04. The van der Waals surface area contributed by atoms with Crippen molar-refractivity contribution in [2.24, 2.45) is 0 Å². The average molecular weight is 249 g/mol. The number of hydrogen-bond acceptors (Lipinski definition) is 6. The maximum Gasteiger partial charge on any atom is 0.280 e. The molecular formula is C11H27N3O3. The van der Waals surface area contributed by atoms with Gasteiger partial charge >= 0.3 is 0 Å². The Kier molecular flexibility index (Phi) is 10.7. The van der Waals surface area contributed by atoms with Crippen LogP contribution in [-0.2, 0) is 14.2 Å². The molecule has 0 unspecified atom stereocenters. The number of hydrogen-bond donors (Lipinski definition) is 3. The second-order valence-corrected chi connectivity index (χ2v) is 3.72. The van der Waals surface area contributed by atoms with Crippen LogP contribution in [0.15, 0.2) is 0 Å². The normalized spacial score (nSPS) is 12.0. The van der Waals surface area contributed by atoms with Gasteiger partial charge in [-0.25, -0.2) is 0 Å². The Morgan fingerprint density at radius 3 is 1.24 bits per heavy atom. The number of likely N-dealkylation sites (N-methyl/N-ethyl adjacent to an activating group) is 3. The Labute approximate surface area is 104 Å². The van der Waals surface area contributed by atoms with Crippen LogP contribution in [-0.4, -0.2) is 66.6 Å². The van der Waals surface area contributed by atoms with Crippen molar-refractivity contribution in [3.05, 3.63) is 0 Å². The van der Waals surface area contributed by atoms with Crippen LogP contribution in [0.3, 0.4) is 0 Å². The maximum absolute atomic E-state index is 5.60. The molecule has 0 aliphatic carbocycles. The molecular weight excluding hydrogens is 222 g/mol. The lowest BCUT2D eigenvalue weighted by molar-refractivity contribution is -0.368. The molecule has 0 atom stereocenters. The van der Waals surface area contributed by atoms with Crippen molar-refractivity contribution in [1.29, 1.82) is 0 Å². The molecule has 0 bridgehead atoms. The van der Waals surface area contributed by atoms with E-state index in [4.69, 9.17) is 14.2 Å². The molecule has 0 aromatic carbocycles. The summed E-state index contributed by atoms with van der Waals surface area (Å²) in [4.78, 5) is 0. The fraction of sp³-hybridized carbons (Fsp3) is 1.00. The van der Waals surface area contributed by atoms with Crippen molar-refractivity contribution in [2.45, 2.75) is 12.9 Å². The molecule has 0 spiro atoms. The van der Waals surface area contributed by atoms with E-state index in [1.807, 2.05) is 21.1 Å². The zero-order chi connectivity index (χ0) is 13.0. The number of ether oxygens (including phenoxy) is 3. The lowest BCUT2D eigenvalue weighted by atomic mass is 10.5. The fourth-order valence-corrected chi connectivity index (χ4v) is 1.14. The van der Waals surface area contributed by atoms with Crippen LogP contribution in [0.1, 0.15) is 6.92 Å². The van der Waals surface area contributed by atoms with E-state index < -0.39 is 5.97 Å². The largest absolute Gasteiger partial charge is 0.326 e. The predicted octanol–water partition coefficient (Wildman–Crippen LogP) is -0.632. The van der Waals surface area contributed by atoms with E-state index in [0.717, 1.165) is 19.6 Å². The van der Waals surface area contributed by atoms with Crippen LogP contribution in [0.2, 0.25) is 0 Å². The Balaban J connectivity index is 3.95. The molecule has 0 aliphatic rings. The van der Waals surface area contributed by atoms with E-state index in [-0.39, 0.29) is 0 Å². The molecule has 0 amide bonds. The number of nitrogens with one attached hydrogen (secondary N) is 3. The van der Waals surface area contributed by atoms with Gasteiger partial charge in [-0.05, 0) is 21.1 Å². The van der Waals surface area contributed by atoms with Crippen LogP contribution in [0.4, 0.5) is 0 Å². The molecule has 0 saturated heterocycles. The Morgan fingerprint density at radius 2 is 1.00 bits per heavy atom. The first-order valence-electron chi connectivity index (χ1n) is 6.04. The zero-order valence-corrected chi connectivity index (χ0v) is 11.5. The van der Waals surface area contributed by atoms with Gasteiger partial charge in [-0.2, -0.15) is 0 Å². The molecule has 0 heterocycles. The van der Waals surface area contributed by atoms with E-state index in [0.29, 0.717) is 19.8 Å². The van der Waals surface area contributed by atoms with Crippen molar-refractivity contribution in [3.63, 3.8) is 0 Å². The highest BCUT2D eigenvalue weighted by Crippen LogP contribution is 2.13. The Hall–Kier alpha value is -0.240. The standard InChI is InChI=1S/C11H27N3O3/c1-11(15-8-5-12-2,16-9-6-13-3)17-10-7-14-4/h12-14H,5-10H2,1-4H3. The van der Waals surface area contributed by atoms with Crippen molar-refractivity contribution in [1.82, 2.24) is 16.0 Å². The highest BCUT2D eigenvalue weighted by molar-refractivity contribution is 4.52. The molecule has 3 N–H and O–H groups in total. The molecule has 0 aromatic rings. The fourth-order valence-electron chi connectivity index (χ4n) is 1.14. The first-order chi connectivity index (χ1) is 8.18.